The minimum absolute atomic E-state index is 0.0502. The van der Waals surface area contributed by atoms with Crippen molar-refractivity contribution in [3.63, 3.8) is 0 Å². The van der Waals surface area contributed by atoms with E-state index < -0.39 is 9.84 Å². The summed E-state index contributed by atoms with van der Waals surface area (Å²) in [6.07, 6.45) is 0. The van der Waals surface area contributed by atoms with E-state index in [9.17, 15) is 8.42 Å². The fourth-order valence-electron chi connectivity index (χ4n) is 1.83. The van der Waals surface area contributed by atoms with Crippen molar-refractivity contribution in [1.82, 2.24) is 5.32 Å². The predicted octanol–water partition coefficient (Wildman–Crippen LogP) is 2.93. The van der Waals surface area contributed by atoms with Crippen LogP contribution < -0.4 is 10.1 Å². The molecule has 0 heterocycles. The summed E-state index contributed by atoms with van der Waals surface area (Å²) in [4.78, 5) is 0. The van der Waals surface area contributed by atoms with E-state index in [1.807, 2.05) is 25.1 Å². The van der Waals surface area contributed by atoms with Crippen LogP contribution in [0.3, 0.4) is 0 Å². The van der Waals surface area contributed by atoms with Gasteiger partial charge in [0.05, 0.1) is 5.75 Å². The maximum Gasteiger partial charge on any atom is 0.153 e. The summed E-state index contributed by atoms with van der Waals surface area (Å²) in [7, 11) is -2.99. The minimum Gasteiger partial charge on any atom is -0.492 e. The molecule has 4 nitrogen and oxygen atoms in total. The number of hydrogen-bond donors (Lipinski definition) is 1. The Labute approximate surface area is 130 Å². The third-order valence-corrected chi connectivity index (χ3v) is 5.20. The second-order valence-corrected chi connectivity index (χ2v) is 7.93. The molecule has 0 aliphatic heterocycles. The lowest BCUT2D eigenvalue weighted by Crippen LogP contribution is -2.20. The van der Waals surface area contributed by atoms with E-state index in [0.717, 1.165) is 22.3 Å². The molecule has 0 saturated carbocycles. The van der Waals surface area contributed by atoms with E-state index in [2.05, 4.69) is 28.2 Å². The number of sulfone groups is 1. The lowest BCUT2D eigenvalue weighted by atomic mass is 10.1. The summed E-state index contributed by atoms with van der Waals surface area (Å²) in [5.41, 5.74) is 1.02. The first kappa shape index (κ1) is 17.5. The van der Waals surface area contributed by atoms with E-state index in [4.69, 9.17) is 4.74 Å². The van der Waals surface area contributed by atoms with Gasteiger partial charge in [-0.15, -0.1) is 0 Å². The van der Waals surface area contributed by atoms with Crippen LogP contribution in [-0.2, 0) is 9.84 Å². The van der Waals surface area contributed by atoms with E-state index in [1.54, 1.807) is 6.92 Å². The Morgan fingerprint density at radius 3 is 2.65 bits per heavy atom. The van der Waals surface area contributed by atoms with Crippen molar-refractivity contribution in [1.29, 1.82) is 0 Å². The van der Waals surface area contributed by atoms with E-state index in [0.29, 0.717) is 0 Å². The van der Waals surface area contributed by atoms with Crippen LogP contribution in [0.15, 0.2) is 22.7 Å². The third-order valence-electron chi connectivity index (χ3n) is 3.04. The van der Waals surface area contributed by atoms with Crippen molar-refractivity contribution < 1.29 is 13.2 Å². The van der Waals surface area contributed by atoms with Gasteiger partial charge in [0, 0.05) is 21.8 Å². The van der Waals surface area contributed by atoms with Gasteiger partial charge in [0.2, 0.25) is 0 Å². The van der Waals surface area contributed by atoms with E-state index in [-0.39, 0.29) is 24.2 Å². The molecule has 0 aliphatic carbocycles. The van der Waals surface area contributed by atoms with Gasteiger partial charge in [0.25, 0.3) is 0 Å². The van der Waals surface area contributed by atoms with Crippen LogP contribution in [0.5, 0.6) is 5.75 Å². The summed E-state index contributed by atoms with van der Waals surface area (Å²) < 4.78 is 29.6. The highest BCUT2D eigenvalue weighted by Gasteiger charge is 2.13. The van der Waals surface area contributed by atoms with Gasteiger partial charge >= 0.3 is 0 Å². The highest BCUT2D eigenvalue weighted by Crippen LogP contribution is 2.28. The molecule has 0 fully saturated rings. The molecule has 0 radical (unpaired) electrons. The van der Waals surface area contributed by atoms with Gasteiger partial charge in [-0.1, -0.05) is 29.8 Å². The SMILES string of the molecule is CCNC(C)c1cc(Br)ccc1OCCS(=O)(=O)CC. The summed E-state index contributed by atoms with van der Waals surface area (Å²) in [5, 5.41) is 3.33. The summed E-state index contributed by atoms with van der Waals surface area (Å²) >= 11 is 3.45. The van der Waals surface area contributed by atoms with Crippen LogP contribution in [0.25, 0.3) is 0 Å². The molecule has 0 aliphatic rings. The molecule has 6 heteroatoms. The second kappa shape index (κ2) is 8.00. The van der Waals surface area contributed by atoms with Crippen molar-refractivity contribution in [3.8, 4) is 5.75 Å². The standard InChI is InChI=1S/C14H22BrNO3S/c1-4-16-11(3)13-10-12(15)6-7-14(13)19-8-9-20(17,18)5-2/h6-7,10-11,16H,4-5,8-9H2,1-3H3. The summed E-state index contributed by atoms with van der Waals surface area (Å²) in [6, 6.07) is 5.91. The first-order valence-electron chi connectivity index (χ1n) is 6.75. The molecule has 1 aromatic carbocycles. The topological polar surface area (TPSA) is 55.4 Å². The smallest absolute Gasteiger partial charge is 0.153 e. The molecule has 0 bridgehead atoms. The van der Waals surface area contributed by atoms with Gasteiger partial charge in [-0.2, -0.15) is 0 Å². The number of rotatable bonds is 8. The lowest BCUT2D eigenvalue weighted by Gasteiger charge is -2.18. The molecule has 0 spiro atoms. The number of hydrogen-bond acceptors (Lipinski definition) is 4. The summed E-state index contributed by atoms with van der Waals surface area (Å²) in [5.74, 6) is 0.930. The predicted molar refractivity (Wildman–Crippen MR) is 86.1 cm³/mol. The van der Waals surface area contributed by atoms with Gasteiger partial charge < -0.3 is 10.1 Å². The first-order chi connectivity index (χ1) is 9.39. The Morgan fingerprint density at radius 1 is 1.35 bits per heavy atom. The molecule has 1 rings (SSSR count). The number of halogens is 1. The average Bonchev–Trinajstić information content (AvgIpc) is 2.40. The van der Waals surface area contributed by atoms with Crippen LogP contribution in [0, 0.1) is 0 Å². The van der Waals surface area contributed by atoms with Gasteiger partial charge in [-0.3, -0.25) is 0 Å². The molecule has 0 aromatic heterocycles. The van der Waals surface area contributed by atoms with E-state index in [1.165, 1.54) is 0 Å². The van der Waals surface area contributed by atoms with E-state index >= 15 is 0 Å². The molecule has 1 N–H and O–H groups in total. The van der Waals surface area contributed by atoms with Crippen molar-refractivity contribution >= 4 is 25.8 Å². The minimum atomic E-state index is -2.99. The van der Waals surface area contributed by atoms with Crippen molar-refractivity contribution in [2.75, 3.05) is 24.7 Å². The zero-order chi connectivity index (χ0) is 15.2. The second-order valence-electron chi connectivity index (χ2n) is 4.55. The number of ether oxygens (including phenoxy) is 1. The average molecular weight is 364 g/mol. The highest BCUT2D eigenvalue weighted by atomic mass is 79.9. The van der Waals surface area contributed by atoms with Gasteiger partial charge in [0.15, 0.2) is 9.84 Å². The Morgan fingerprint density at radius 2 is 2.05 bits per heavy atom. The number of benzene rings is 1. The van der Waals surface area contributed by atoms with Gasteiger partial charge in [0.1, 0.15) is 12.4 Å². The van der Waals surface area contributed by atoms with Gasteiger partial charge in [-0.05, 0) is 31.7 Å². The lowest BCUT2D eigenvalue weighted by molar-refractivity contribution is 0.333. The summed E-state index contributed by atoms with van der Waals surface area (Å²) in [6.45, 7) is 6.79. The molecular weight excluding hydrogens is 342 g/mol. The van der Waals surface area contributed by atoms with Gasteiger partial charge in [-0.25, -0.2) is 8.42 Å². The van der Waals surface area contributed by atoms with Crippen LogP contribution in [0.1, 0.15) is 32.4 Å². The quantitative estimate of drug-likeness (QED) is 0.771. The maximum absolute atomic E-state index is 11.5. The van der Waals surface area contributed by atoms with Crippen molar-refractivity contribution in [2.45, 2.75) is 26.8 Å². The third kappa shape index (κ3) is 5.42. The molecular formula is C14H22BrNO3S. The maximum atomic E-state index is 11.5. The molecule has 1 aromatic rings. The Kier molecular flexibility index (Phi) is 6.99. The normalized spacial score (nSPS) is 13.2. The Bertz CT molecular complexity index is 531. The molecule has 0 saturated heterocycles. The largest absolute Gasteiger partial charge is 0.492 e. The zero-order valence-corrected chi connectivity index (χ0v) is 14.6. The first-order valence-corrected chi connectivity index (χ1v) is 9.37. The Balaban J connectivity index is 2.79. The Hall–Kier alpha value is -0.590. The van der Waals surface area contributed by atoms with Crippen molar-refractivity contribution in [2.24, 2.45) is 0 Å². The molecule has 114 valence electrons. The highest BCUT2D eigenvalue weighted by molar-refractivity contribution is 9.10. The van der Waals surface area contributed by atoms with Crippen LogP contribution >= 0.6 is 15.9 Å². The number of nitrogens with one attached hydrogen (secondary N) is 1. The molecule has 1 unspecified atom stereocenters. The van der Waals surface area contributed by atoms with Crippen LogP contribution in [0.2, 0.25) is 0 Å². The van der Waals surface area contributed by atoms with Crippen molar-refractivity contribution in [3.05, 3.63) is 28.2 Å². The molecule has 20 heavy (non-hydrogen) atoms. The molecule has 0 amide bonds. The van der Waals surface area contributed by atoms with Crippen LogP contribution in [0.4, 0.5) is 0 Å². The fraction of sp³-hybridized carbons (Fsp3) is 0.571. The monoisotopic (exact) mass is 363 g/mol. The van der Waals surface area contributed by atoms with Crippen LogP contribution in [-0.4, -0.2) is 33.1 Å². The fourth-order valence-corrected chi connectivity index (χ4v) is 2.83. The zero-order valence-electron chi connectivity index (χ0n) is 12.1. The molecule has 1 atom stereocenters.